The van der Waals surface area contributed by atoms with Crippen molar-refractivity contribution in [2.45, 2.75) is 6.42 Å². The standard InChI is InChI=1S/C10H8ClNO/c11-8-2-1-6-3-7(5-12)10(13)9(6)4-8/h1-2,4-5H,3,12H2/b7-5-. The lowest BCUT2D eigenvalue weighted by Gasteiger charge is -1.95. The Morgan fingerprint density at radius 2 is 2.23 bits per heavy atom. The smallest absolute Gasteiger partial charge is 0.191 e. The van der Waals surface area contributed by atoms with E-state index in [1.54, 1.807) is 12.1 Å². The van der Waals surface area contributed by atoms with Gasteiger partial charge in [0.05, 0.1) is 0 Å². The van der Waals surface area contributed by atoms with Gasteiger partial charge in [0.25, 0.3) is 0 Å². The van der Waals surface area contributed by atoms with E-state index in [9.17, 15) is 4.79 Å². The van der Waals surface area contributed by atoms with E-state index in [1.165, 1.54) is 6.20 Å². The van der Waals surface area contributed by atoms with Gasteiger partial charge in [-0.2, -0.15) is 0 Å². The lowest BCUT2D eigenvalue weighted by molar-refractivity contribution is 0.103. The molecule has 0 spiro atoms. The number of carbonyl (C=O) groups excluding carboxylic acids is 1. The highest BCUT2D eigenvalue weighted by atomic mass is 35.5. The summed E-state index contributed by atoms with van der Waals surface area (Å²) in [6.07, 6.45) is 2.00. The minimum atomic E-state index is 0.000000000000000222. The Bertz CT molecular complexity index is 409. The van der Waals surface area contributed by atoms with Crippen molar-refractivity contribution < 1.29 is 4.79 Å². The molecular formula is C10H8ClNO. The summed E-state index contributed by atoms with van der Waals surface area (Å²) in [4.78, 5) is 11.6. The second kappa shape index (κ2) is 2.89. The molecule has 66 valence electrons. The molecule has 0 atom stereocenters. The molecule has 0 aliphatic heterocycles. The number of ketones is 1. The van der Waals surface area contributed by atoms with Crippen LogP contribution in [0.2, 0.25) is 5.02 Å². The number of carbonyl (C=O) groups is 1. The van der Waals surface area contributed by atoms with Gasteiger partial charge in [-0.3, -0.25) is 4.79 Å². The highest BCUT2D eigenvalue weighted by Crippen LogP contribution is 2.27. The zero-order valence-electron chi connectivity index (χ0n) is 6.88. The Balaban J connectivity index is 2.57. The van der Waals surface area contributed by atoms with Gasteiger partial charge in [0.15, 0.2) is 5.78 Å². The largest absolute Gasteiger partial charge is 0.404 e. The van der Waals surface area contributed by atoms with Gasteiger partial charge < -0.3 is 5.73 Å². The molecule has 1 aliphatic carbocycles. The van der Waals surface area contributed by atoms with Crippen molar-refractivity contribution in [3.8, 4) is 0 Å². The van der Waals surface area contributed by atoms with Crippen LogP contribution in [0.5, 0.6) is 0 Å². The summed E-state index contributed by atoms with van der Waals surface area (Å²) in [5.41, 5.74) is 7.67. The molecular weight excluding hydrogens is 186 g/mol. The van der Waals surface area contributed by atoms with Gasteiger partial charge in [0.1, 0.15) is 0 Å². The first-order valence-electron chi connectivity index (χ1n) is 3.96. The van der Waals surface area contributed by atoms with Crippen LogP contribution in [-0.2, 0) is 6.42 Å². The molecule has 1 aromatic rings. The third-order valence-electron chi connectivity index (χ3n) is 2.19. The Hall–Kier alpha value is -1.28. The Labute approximate surface area is 81.0 Å². The maximum absolute atomic E-state index is 11.6. The number of Topliss-reactive ketones (excluding diaryl/α,β-unsaturated/α-hetero) is 1. The van der Waals surface area contributed by atoms with Gasteiger partial charge in [-0.1, -0.05) is 17.7 Å². The van der Waals surface area contributed by atoms with Gasteiger partial charge in [-0.15, -0.1) is 0 Å². The lowest BCUT2D eigenvalue weighted by atomic mass is 10.1. The van der Waals surface area contributed by atoms with Crippen LogP contribution in [0, 0.1) is 0 Å². The maximum atomic E-state index is 11.6. The highest BCUT2D eigenvalue weighted by molar-refractivity contribution is 6.31. The van der Waals surface area contributed by atoms with Crippen molar-refractivity contribution in [3.05, 3.63) is 46.1 Å². The second-order valence-corrected chi connectivity index (χ2v) is 3.44. The fraction of sp³-hybridized carbons (Fsp3) is 0.100. The number of allylic oxidation sites excluding steroid dienone is 1. The van der Waals surface area contributed by atoms with Crippen molar-refractivity contribution in [1.82, 2.24) is 0 Å². The van der Waals surface area contributed by atoms with Crippen LogP contribution < -0.4 is 5.73 Å². The van der Waals surface area contributed by atoms with Crippen molar-refractivity contribution in [3.63, 3.8) is 0 Å². The molecule has 0 amide bonds. The van der Waals surface area contributed by atoms with Crippen molar-refractivity contribution in [2.24, 2.45) is 5.73 Å². The van der Waals surface area contributed by atoms with E-state index in [4.69, 9.17) is 17.3 Å². The molecule has 2 nitrogen and oxygen atoms in total. The van der Waals surface area contributed by atoms with E-state index >= 15 is 0 Å². The molecule has 1 aliphatic rings. The fourth-order valence-corrected chi connectivity index (χ4v) is 1.68. The zero-order valence-corrected chi connectivity index (χ0v) is 7.64. The minimum absolute atomic E-state index is 0.000000000000000222. The fourth-order valence-electron chi connectivity index (χ4n) is 1.51. The van der Waals surface area contributed by atoms with E-state index in [-0.39, 0.29) is 5.78 Å². The lowest BCUT2D eigenvalue weighted by Crippen LogP contribution is -1.97. The van der Waals surface area contributed by atoms with Crippen LogP contribution in [0.4, 0.5) is 0 Å². The summed E-state index contributed by atoms with van der Waals surface area (Å²) in [5, 5.41) is 0.588. The van der Waals surface area contributed by atoms with Crippen LogP contribution in [-0.4, -0.2) is 5.78 Å². The van der Waals surface area contributed by atoms with Crippen LogP contribution in [0.25, 0.3) is 0 Å². The van der Waals surface area contributed by atoms with Gasteiger partial charge >= 0.3 is 0 Å². The Morgan fingerprint density at radius 1 is 1.46 bits per heavy atom. The quantitative estimate of drug-likeness (QED) is 0.640. The molecule has 13 heavy (non-hydrogen) atoms. The van der Waals surface area contributed by atoms with Crippen molar-refractivity contribution in [1.29, 1.82) is 0 Å². The van der Waals surface area contributed by atoms with E-state index < -0.39 is 0 Å². The third kappa shape index (κ3) is 1.23. The Kier molecular flexibility index (Phi) is 1.85. The number of halogens is 1. The molecule has 0 unspecified atom stereocenters. The van der Waals surface area contributed by atoms with E-state index in [1.807, 2.05) is 6.07 Å². The van der Waals surface area contributed by atoms with E-state index in [2.05, 4.69) is 0 Å². The molecule has 0 radical (unpaired) electrons. The number of hydrogen-bond donors (Lipinski definition) is 1. The Morgan fingerprint density at radius 3 is 2.92 bits per heavy atom. The second-order valence-electron chi connectivity index (χ2n) is 3.00. The van der Waals surface area contributed by atoms with Gasteiger partial charge in [-0.05, 0) is 17.7 Å². The molecule has 0 bridgehead atoms. The predicted octanol–water partition coefficient (Wildman–Crippen LogP) is 1.92. The first kappa shape index (κ1) is 8.32. The SMILES string of the molecule is N/C=C1/Cc2ccc(Cl)cc2C1=O. The molecule has 2 N–H and O–H groups in total. The summed E-state index contributed by atoms with van der Waals surface area (Å²) < 4.78 is 0. The normalized spacial score (nSPS) is 17.9. The molecule has 0 saturated carbocycles. The number of benzene rings is 1. The molecule has 0 aromatic heterocycles. The van der Waals surface area contributed by atoms with Crippen molar-refractivity contribution >= 4 is 17.4 Å². The van der Waals surface area contributed by atoms with Crippen LogP contribution in [0.15, 0.2) is 30.0 Å². The van der Waals surface area contributed by atoms with Crippen LogP contribution >= 0.6 is 11.6 Å². The molecule has 0 saturated heterocycles. The van der Waals surface area contributed by atoms with E-state index in [0.29, 0.717) is 22.6 Å². The average Bonchev–Trinajstić information content (AvgIpc) is 2.44. The average molecular weight is 194 g/mol. The maximum Gasteiger partial charge on any atom is 0.191 e. The summed E-state index contributed by atoms with van der Waals surface area (Å²) >= 11 is 5.78. The van der Waals surface area contributed by atoms with Gasteiger partial charge in [-0.25, -0.2) is 0 Å². The molecule has 0 fully saturated rings. The van der Waals surface area contributed by atoms with E-state index in [0.717, 1.165) is 5.56 Å². The number of rotatable bonds is 0. The molecule has 1 aromatic carbocycles. The highest BCUT2D eigenvalue weighted by Gasteiger charge is 2.24. The van der Waals surface area contributed by atoms with Gasteiger partial charge in [0, 0.05) is 28.8 Å². The summed E-state index contributed by atoms with van der Waals surface area (Å²) in [5.74, 6) is 0.000000000000000222. The summed E-state index contributed by atoms with van der Waals surface area (Å²) in [7, 11) is 0. The third-order valence-corrected chi connectivity index (χ3v) is 2.43. The predicted molar refractivity (Wildman–Crippen MR) is 51.8 cm³/mol. The van der Waals surface area contributed by atoms with Gasteiger partial charge in [0.2, 0.25) is 0 Å². The summed E-state index contributed by atoms with van der Waals surface area (Å²) in [6, 6.07) is 5.34. The monoisotopic (exact) mass is 193 g/mol. The zero-order chi connectivity index (χ0) is 9.42. The topological polar surface area (TPSA) is 43.1 Å². The molecule has 3 heteroatoms. The first-order chi connectivity index (χ1) is 6.22. The number of fused-ring (bicyclic) bond motifs is 1. The van der Waals surface area contributed by atoms with Crippen molar-refractivity contribution in [2.75, 3.05) is 0 Å². The minimum Gasteiger partial charge on any atom is -0.404 e. The molecule has 2 rings (SSSR count). The number of hydrogen-bond acceptors (Lipinski definition) is 2. The summed E-state index contributed by atoms with van der Waals surface area (Å²) in [6.45, 7) is 0. The van der Waals surface area contributed by atoms with Crippen LogP contribution in [0.1, 0.15) is 15.9 Å². The van der Waals surface area contributed by atoms with Crippen LogP contribution in [0.3, 0.4) is 0 Å². The molecule has 0 heterocycles. The first-order valence-corrected chi connectivity index (χ1v) is 4.34. The number of nitrogens with two attached hydrogens (primary N) is 1.